The Balaban J connectivity index is 1.62. The molecule has 0 saturated carbocycles. The van der Waals surface area contributed by atoms with Crippen LogP contribution in [-0.4, -0.2) is 42.9 Å². The van der Waals surface area contributed by atoms with E-state index in [1.54, 1.807) is 58.2 Å². The third-order valence-electron chi connectivity index (χ3n) is 7.50. The Morgan fingerprint density at radius 1 is 1.00 bits per heavy atom. The molecule has 0 saturated heterocycles. The molecule has 4 aromatic rings. The number of thiazole rings is 1. The Morgan fingerprint density at radius 2 is 1.69 bits per heavy atom. The lowest BCUT2D eigenvalue weighted by atomic mass is 9.95. The molecule has 0 spiro atoms. The number of hydrogen-bond donors (Lipinski definition) is 0. The van der Waals surface area contributed by atoms with Crippen molar-refractivity contribution < 1.29 is 33.3 Å². The molecule has 10 nitrogen and oxygen atoms in total. The number of carbonyl (C=O) groups excluding carboxylic acids is 2. The van der Waals surface area contributed by atoms with Crippen LogP contribution >= 0.6 is 33.9 Å². The summed E-state index contributed by atoms with van der Waals surface area (Å²) in [6.07, 6.45) is 1.61. The Labute approximate surface area is 301 Å². The minimum Gasteiger partial charge on any atom is -0.493 e. The molecule has 0 amide bonds. The average molecular weight is 797 g/mol. The smallest absolute Gasteiger partial charge is 0.338 e. The molecule has 0 aliphatic carbocycles. The molecule has 1 aliphatic heterocycles. The molecule has 1 atom stereocenters. The van der Waals surface area contributed by atoms with E-state index in [1.807, 2.05) is 50.2 Å². The van der Waals surface area contributed by atoms with Crippen LogP contribution in [0.1, 0.15) is 67.7 Å². The molecule has 3 aromatic carbocycles. The number of ether oxygens (including phenoxy) is 5. The molecule has 1 aromatic heterocycles. The highest BCUT2D eigenvalue weighted by atomic mass is 127. The van der Waals surface area contributed by atoms with Crippen molar-refractivity contribution in [2.75, 3.05) is 20.3 Å². The summed E-state index contributed by atoms with van der Waals surface area (Å²) in [4.78, 5) is 45.0. The summed E-state index contributed by atoms with van der Waals surface area (Å²) in [6.45, 7) is 9.73. The summed E-state index contributed by atoms with van der Waals surface area (Å²) in [7, 11) is 1.56. The lowest BCUT2D eigenvalue weighted by molar-refractivity contribution is -0.139. The van der Waals surface area contributed by atoms with Gasteiger partial charge in [-0.1, -0.05) is 41.7 Å². The van der Waals surface area contributed by atoms with Crippen LogP contribution in [0.3, 0.4) is 0 Å². The highest BCUT2D eigenvalue weighted by Crippen LogP contribution is 2.37. The predicted octanol–water partition coefficient (Wildman–Crippen LogP) is 5.95. The Kier molecular flexibility index (Phi) is 11.6. The molecule has 2 heterocycles. The highest BCUT2D eigenvalue weighted by Gasteiger charge is 2.35. The first-order valence-corrected chi connectivity index (χ1v) is 17.7. The molecule has 0 radical (unpaired) electrons. The molecule has 49 heavy (non-hydrogen) atoms. The summed E-state index contributed by atoms with van der Waals surface area (Å²) in [6, 6.07) is 17.3. The molecule has 0 bridgehead atoms. The second kappa shape index (κ2) is 15.9. The number of hydrogen-bond acceptors (Lipinski definition) is 10. The number of aromatic nitrogens is 1. The third kappa shape index (κ3) is 7.91. The van der Waals surface area contributed by atoms with Crippen molar-refractivity contribution in [1.82, 2.24) is 4.57 Å². The van der Waals surface area contributed by atoms with Gasteiger partial charge in [0.05, 0.1) is 47.8 Å². The van der Waals surface area contributed by atoms with Gasteiger partial charge in [0.2, 0.25) is 0 Å². The van der Waals surface area contributed by atoms with Crippen molar-refractivity contribution in [2.45, 2.75) is 53.4 Å². The lowest BCUT2D eigenvalue weighted by Crippen LogP contribution is -2.40. The minimum atomic E-state index is -0.828. The maximum Gasteiger partial charge on any atom is 0.338 e. The third-order valence-corrected chi connectivity index (χ3v) is 9.10. The Bertz CT molecular complexity index is 2080. The number of nitrogens with zero attached hydrogens (tertiary/aromatic N) is 2. The van der Waals surface area contributed by atoms with Crippen LogP contribution in [-0.2, 0) is 20.9 Å². The van der Waals surface area contributed by atoms with Gasteiger partial charge in [0.1, 0.15) is 18.4 Å². The van der Waals surface area contributed by atoms with E-state index in [0.29, 0.717) is 55.6 Å². The van der Waals surface area contributed by atoms with E-state index in [2.05, 4.69) is 22.6 Å². The van der Waals surface area contributed by atoms with Crippen molar-refractivity contribution in [3.63, 3.8) is 0 Å². The maximum absolute atomic E-state index is 14.4. The number of fused-ring (bicyclic) bond motifs is 1. The van der Waals surface area contributed by atoms with E-state index < -0.39 is 12.0 Å². The standard InChI is InChI=1S/C37H37IN2O8S/c1-7-45-35(42)24-15-13-23(14-16-24)20-47-33-25(17-26(38)19-29(33)44-6)18-30-34(41)40-32(27-11-9-10-12-28(27)48-21(3)4)31(36(43)46-8-2)22(5)39-37(40)49-30/h9-19,21,32H,7-8,20H2,1-6H3/b30-18-/t32-/m1/s1. The molecule has 0 unspecified atom stereocenters. The van der Waals surface area contributed by atoms with Gasteiger partial charge in [-0.15, -0.1) is 0 Å². The van der Waals surface area contributed by atoms with E-state index in [9.17, 15) is 14.4 Å². The van der Waals surface area contributed by atoms with E-state index in [0.717, 1.165) is 9.13 Å². The monoisotopic (exact) mass is 796 g/mol. The van der Waals surface area contributed by atoms with Crippen LogP contribution in [0.25, 0.3) is 6.08 Å². The molecule has 0 N–H and O–H groups in total. The van der Waals surface area contributed by atoms with E-state index in [4.69, 9.17) is 28.7 Å². The van der Waals surface area contributed by atoms with E-state index in [1.165, 1.54) is 15.9 Å². The highest BCUT2D eigenvalue weighted by molar-refractivity contribution is 14.1. The van der Waals surface area contributed by atoms with Crippen molar-refractivity contribution >= 4 is 51.9 Å². The van der Waals surface area contributed by atoms with Gasteiger partial charge in [-0.25, -0.2) is 14.6 Å². The van der Waals surface area contributed by atoms with Gasteiger partial charge in [-0.3, -0.25) is 9.36 Å². The molecule has 1 aliphatic rings. The van der Waals surface area contributed by atoms with E-state index >= 15 is 0 Å². The zero-order valence-corrected chi connectivity index (χ0v) is 31.0. The van der Waals surface area contributed by atoms with Gasteiger partial charge in [0.15, 0.2) is 16.3 Å². The van der Waals surface area contributed by atoms with Gasteiger partial charge in [0, 0.05) is 14.7 Å². The zero-order chi connectivity index (χ0) is 35.2. The average Bonchev–Trinajstić information content (AvgIpc) is 3.37. The van der Waals surface area contributed by atoms with Crippen LogP contribution in [0.5, 0.6) is 17.2 Å². The first-order valence-electron chi connectivity index (χ1n) is 15.8. The van der Waals surface area contributed by atoms with E-state index in [-0.39, 0.29) is 36.4 Å². The Hall–Kier alpha value is -4.43. The van der Waals surface area contributed by atoms with Crippen LogP contribution in [0.2, 0.25) is 0 Å². The lowest BCUT2D eigenvalue weighted by Gasteiger charge is -2.26. The molecule has 256 valence electrons. The fraction of sp³-hybridized carbons (Fsp3) is 0.297. The number of halogens is 1. The van der Waals surface area contributed by atoms with Gasteiger partial charge < -0.3 is 23.7 Å². The summed E-state index contributed by atoms with van der Waals surface area (Å²) in [5, 5.41) is 0. The van der Waals surface area contributed by atoms with Crippen LogP contribution in [0.4, 0.5) is 0 Å². The quantitative estimate of drug-likeness (QED) is 0.128. The summed E-state index contributed by atoms with van der Waals surface area (Å²) < 4.78 is 31.5. The van der Waals surface area contributed by atoms with Gasteiger partial charge in [-0.2, -0.15) is 0 Å². The van der Waals surface area contributed by atoms with Crippen molar-refractivity contribution in [2.24, 2.45) is 4.99 Å². The number of benzene rings is 3. The predicted molar refractivity (Wildman–Crippen MR) is 195 cm³/mol. The second-order valence-electron chi connectivity index (χ2n) is 11.2. The molecular weight excluding hydrogens is 759 g/mol. The fourth-order valence-electron chi connectivity index (χ4n) is 5.40. The van der Waals surface area contributed by atoms with Crippen LogP contribution in [0.15, 0.2) is 81.7 Å². The number of methoxy groups -OCH3 is 1. The number of carbonyl (C=O) groups is 2. The minimum absolute atomic E-state index is 0.141. The number of rotatable bonds is 12. The molecular formula is C37H37IN2O8S. The van der Waals surface area contributed by atoms with Crippen LogP contribution in [0, 0.1) is 3.57 Å². The number of esters is 2. The molecule has 0 fully saturated rings. The molecule has 5 rings (SSSR count). The first kappa shape index (κ1) is 35.9. The van der Waals surface area contributed by atoms with Crippen molar-refractivity contribution in [3.8, 4) is 17.2 Å². The normalized spacial score (nSPS) is 14.3. The summed E-state index contributed by atoms with van der Waals surface area (Å²) in [5.41, 5.74) is 2.95. The fourth-order valence-corrected chi connectivity index (χ4v) is 7.06. The second-order valence-corrected chi connectivity index (χ2v) is 13.5. The number of para-hydroxylation sites is 1. The van der Waals surface area contributed by atoms with Gasteiger partial charge in [0.25, 0.3) is 5.56 Å². The SMILES string of the molecule is CCOC(=O)C1=C(C)N=c2s/c(=C\c3cc(I)cc(OC)c3OCc3ccc(C(=O)OCC)cc3)c(=O)n2[C@@H]1c1ccccc1OC(C)C. The zero-order valence-electron chi connectivity index (χ0n) is 28.1. The first-order chi connectivity index (χ1) is 23.6. The molecule has 12 heteroatoms. The van der Waals surface area contributed by atoms with Gasteiger partial charge in [-0.05, 0) is 99.2 Å². The Morgan fingerprint density at radius 3 is 2.37 bits per heavy atom. The number of allylic oxidation sites excluding steroid dienone is 1. The topological polar surface area (TPSA) is 115 Å². The van der Waals surface area contributed by atoms with Crippen LogP contribution < -0.4 is 29.1 Å². The maximum atomic E-state index is 14.4. The van der Waals surface area contributed by atoms with Crippen molar-refractivity contribution in [3.05, 3.63) is 117 Å². The van der Waals surface area contributed by atoms with Gasteiger partial charge >= 0.3 is 11.9 Å². The van der Waals surface area contributed by atoms with Crippen molar-refractivity contribution in [1.29, 1.82) is 0 Å². The largest absolute Gasteiger partial charge is 0.493 e. The summed E-state index contributed by atoms with van der Waals surface area (Å²) >= 11 is 3.40. The summed E-state index contributed by atoms with van der Waals surface area (Å²) in [5.74, 6) is 0.560.